The monoisotopic (exact) mass is 424 g/mol. The van der Waals surface area contributed by atoms with Gasteiger partial charge in [0.25, 0.3) is 0 Å². The van der Waals surface area contributed by atoms with Crippen molar-refractivity contribution in [2.45, 2.75) is 32.1 Å². The maximum Gasteiger partial charge on any atom is 0.181 e. The van der Waals surface area contributed by atoms with Crippen LogP contribution >= 0.6 is 11.3 Å². The van der Waals surface area contributed by atoms with Gasteiger partial charge in [0.2, 0.25) is 0 Å². The molecule has 0 unspecified atom stereocenters. The van der Waals surface area contributed by atoms with E-state index in [2.05, 4.69) is 32.0 Å². The number of fused-ring (bicyclic) bond motifs is 1. The third kappa shape index (κ3) is 2.88. The summed E-state index contributed by atoms with van der Waals surface area (Å²) < 4.78 is 1.21. The van der Waals surface area contributed by atoms with Crippen LogP contribution in [0.2, 0.25) is 0 Å². The van der Waals surface area contributed by atoms with Crippen LogP contribution in [0.4, 0.5) is 0 Å². The first-order chi connectivity index (χ1) is 14.9. The van der Waals surface area contributed by atoms with Crippen molar-refractivity contribution in [2.75, 3.05) is 0 Å². The van der Waals surface area contributed by atoms with Gasteiger partial charge in [-0.25, -0.2) is 0 Å². The maximum atomic E-state index is 13.6. The molecule has 0 saturated heterocycles. The summed E-state index contributed by atoms with van der Waals surface area (Å²) in [5, 5.41) is 12.5. The first kappa shape index (κ1) is 19.8. The van der Waals surface area contributed by atoms with Crippen LogP contribution in [0.5, 0.6) is 0 Å². The van der Waals surface area contributed by atoms with Crippen molar-refractivity contribution in [1.29, 1.82) is 0 Å². The van der Waals surface area contributed by atoms with Gasteiger partial charge in [-0.3, -0.25) is 4.79 Å². The molecule has 1 aliphatic rings. The van der Waals surface area contributed by atoms with Crippen LogP contribution in [0, 0.1) is 13.8 Å². The van der Waals surface area contributed by atoms with Crippen molar-refractivity contribution in [3.63, 3.8) is 0 Å². The smallest absolute Gasteiger partial charge is 0.181 e. The fourth-order valence-electron chi connectivity index (χ4n) is 4.72. The number of rotatable bonds is 4. The molecule has 4 aromatic rings. The van der Waals surface area contributed by atoms with Crippen molar-refractivity contribution in [2.24, 2.45) is 0 Å². The van der Waals surface area contributed by atoms with Crippen molar-refractivity contribution >= 4 is 27.2 Å². The summed E-state index contributed by atoms with van der Waals surface area (Å²) in [5.41, 5.74) is 3.79. The molecule has 31 heavy (non-hydrogen) atoms. The molecule has 0 amide bonds. The highest BCUT2D eigenvalue weighted by molar-refractivity contribution is 7.19. The quantitative estimate of drug-likeness (QED) is 0.383. The van der Waals surface area contributed by atoms with E-state index in [1.807, 2.05) is 67.6 Å². The zero-order valence-electron chi connectivity index (χ0n) is 17.8. The van der Waals surface area contributed by atoms with Crippen LogP contribution < -0.4 is 0 Å². The second kappa shape index (κ2) is 7.21. The highest BCUT2D eigenvalue weighted by Crippen LogP contribution is 2.53. The van der Waals surface area contributed by atoms with Crippen molar-refractivity contribution in [3.8, 4) is 0 Å². The minimum atomic E-state index is -0.981. The second-order valence-electron chi connectivity index (χ2n) is 8.52. The third-order valence-corrected chi connectivity index (χ3v) is 7.93. The van der Waals surface area contributed by atoms with Gasteiger partial charge in [0.15, 0.2) is 5.78 Å². The van der Waals surface area contributed by atoms with E-state index in [-0.39, 0.29) is 17.5 Å². The number of hydrogen-bond donors (Lipinski definition) is 1. The number of benzene rings is 3. The summed E-state index contributed by atoms with van der Waals surface area (Å²) in [6, 6.07) is 26.1. The van der Waals surface area contributed by atoms with Crippen LogP contribution in [-0.4, -0.2) is 10.9 Å². The number of carbonyl (C=O) groups excluding carboxylic acids is 1. The van der Waals surface area contributed by atoms with Gasteiger partial charge >= 0.3 is 0 Å². The predicted molar refractivity (Wildman–Crippen MR) is 128 cm³/mol. The van der Waals surface area contributed by atoms with Gasteiger partial charge in [-0.1, -0.05) is 78.4 Å². The second-order valence-corrected chi connectivity index (χ2v) is 9.60. The molecular weight excluding hydrogens is 400 g/mol. The summed E-state index contributed by atoms with van der Waals surface area (Å²) in [4.78, 5) is 14.8. The van der Waals surface area contributed by atoms with Gasteiger partial charge in [-0.15, -0.1) is 11.3 Å². The zero-order valence-corrected chi connectivity index (χ0v) is 18.7. The van der Waals surface area contributed by atoms with E-state index in [4.69, 9.17) is 0 Å². The van der Waals surface area contributed by atoms with Gasteiger partial charge < -0.3 is 5.11 Å². The lowest BCUT2D eigenvalue weighted by atomic mass is 9.60. The molecule has 0 aliphatic heterocycles. The molecule has 0 saturated carbocycles. The standard InChI is InChI=1S/C28H24O2S/c1-17-14-15-22-21(16-17)18(2)25(31-22)23(19-10-6-4-7-11-19)24-26(29)28(3,27(24)30)20-12-8-5-9-13-20/h4-16,23,29H,1-3H3/t23-,28+/m1/s1. The lowest BCUT2D eigenvalue weighted by Crippen LogP contribution is -2.47. The summed E-state index contributed by atoms with van der Waals surface area (Å²) in [7, 11) is 0. The number of aryl methyl sites for hydroxylation is 2. The number of carbonyl (C=O) groups is 1. The van der Waals surface area contributed by atoms with Gasteiger partial charge in [-0.2, -0.15) is 0 Å². The Kier molecular flexibility index (Phi) is 4.60. The molecule has 1 aromatic heterocycles. The highest BCUT2D eigenvalue weighted by atomic mass is 32.1. The molecule has 3 heteroatoms. The summed E-state index contributed by atoms with van der Waals surface area (Å²) in [6.07, 6.45) is 0. The van der Waals surface area contributed by atoms with E-state index in [1.54, 1.807) is 11.3 Å². The minimum Gasteiger partial charge on any atom is -0.510 e. The average Bonchev–Trinajstić information content (AvgIpc) is 3.13. The Balaban J connectivity index is 1.73. The summed E-state index contributed by atoms with van der Waals surface area (Å²) in [6.45, 7) is 6.05. The van der Waals surface area contributed by atoms with Crippen LogP contribution in [0.1, 0.15) is 40.0 Å². The fourth-order valence-corrected chi connectivity index (χ4v) is 6.05. The number of Topliss-reactive ketones (excluding diaryl/α,β-unsaturated/α-hetero) is 1. The number of ketones is 1. The minimum absolute atomic E-state index is 0.00177. The third-order valence-electron chi connectivity index (χ3n) is 6.59. The van der Waals surface area contributed by atoms with Gasteiger partial charge in [0.1, 0.15) is 11.2 Å². The number of allylic oxidation sites excluding steroid dienone is 2. The Morgan fingerprint density at radius 2 is 1.55 bits per heavy atom. The van der Waals surface area contributed by atoms with Crippen LogP contribution in [0.15, 0.2) is 90.2 Å². The van der Waals surface area contributed by atoms with E-state index in [9.17, 15) is 9.90 Å². The Hall–Kier alpha value is -3.17. The van der Waals surface area contributed by atoms with Gasteiger partial charge in [0.05, 0.1) is 5.92 Å². The van der Waals surface area contributed by atoms with E-state index >= 15 is 0 Å². The molecule has 1 heterocycles. The Bertz CT molecular complexity index is 1330. The Morgan fingerprint density at radius 3 is 2.19 bits per heavy atom. The van der Waals surface area contributed by atoms with Crippen molar-refractivity contribution in [1.82, 2.24) is 0 Å². The highest BCUT2D eigenvalue weighted by Gasteiger charge is 2.54. The van der Waals surface area contributed by atoms with E-state index in [0.717, 1.165) is 16.0 Å². The maximum absolute atomic E-state index is 13.6. The van der Waals surface area contributed by atoms with Gasteiger partial charge in [-0.05, 0) is 48.9 Å². The molecule has 1 aliphatic carbocycles. The molecular formula is C28H24O2S. The van der Waals surface area contributed by atoms with Crippen LogP contribution in [-0.2, 0) is 10.2 Å². The molecule has 1 N–H and O–H groups in total. The molecule has 2 atom stereocenters. The average molecular weight is 425 g/mol. The molecule has 0 fully saturated rings. The summed E-state index contributed by atoms with van der Waals surface area (Å²) >= 11 is 1.72. The first-order valence-electron chi connectivity index (χ1n) is 10.5. The molecule has 2 nitrogen and oxygen atoms in total. The van der Waals surface area contributed by atoms with Crippen molar-refractivity contribution in [3.05, 3.63) is 117 Å². The summed E-state index contributed by atoms with van der Waals surface area (Å²) in [5.74, 6) is -0.0909. The molecule has 3 aromatic carbocycles. The number of thiophene rings is 1. The topological polar surface area (TPSA) is 37.3 Å². The lowest BCUT2D eigenvalue weighted by Gasteiger charge is -2.41. The molecule has 0 bridgehead atoms. The van der Waals surface area contributed by atoms with Gasteiger partial charge in [0, 0.05) is 15.2 Å². The largest absolute Gasteiger partial charge is 0.510 e. The van der Waals surface area contributed by atoms with E-state index in [0.29, 0.717) is 5.57 Å². The zero-order chi connectivity index (χ0) is 21.8. The molecule has 154 valence electrons. The van der Waals surface area contributed by atoms with Crippen molar-refractivity contribution < 1.29 is 9.90 Å². The number of aliphatic hydroxyl groups is 1. The fraction of sp³-hybridized carbons (Fsp3) is 0.179. The lowest BCUT2D eigenvalue weighted by molar-refractivity contribution is -0.123. The predicted octanol–water partition coefficient (Wildman–Crippen LogP) is 7.00. The van der Waals surface area contributed by atoms with Crippen LogP contribution in [0.25, 0.3) is 10.1 Å². The molecule has 5 rings (SSSR count). The molecule has 0 radical (unpaired) electrons. The van der Waals surface area contributed by atoms with E-state index in [1.165, 1.54) is 21.2 Å². The number of aliphatic hydroxyl groups excluding tert-OH is 1. The Morgan fingerprint density at radius 1 is 0.903 bits per heavy atom. The van der Waals surface area contributed by atoms with E-state index < -0.39 is 5.41 Å². The Labute approximate surface area is 186 Å². The number of hydrogen-bond acceptors (Lipinski definition) is 3. The normalized spacial score (nSPS) is 19.5. The SMILES string of the molecule is Cc1ccc2sc([C@@H](C3=C(O)[C@](C)(c4ccccc4)C3=O)c3ccccc3)c(C)c2c1. The molecule has 0 spiro atoms. The first-order valence-corrected chi connectivity index (χ1v) is 11.3. The van der Waals surface area contributed by atoms with Crippen LogP contribution in [0.3, 0.4) is 0 Å².